The molecule has 260 valence electrons. The van der Waals surface area contributed by atoms with Gasteiger partial charge in [-0.2, -0.15) is 0 Å². The van der Waals surface area contributed by atoms with Crippen LogP contribution in [0.2, 0.25) is 5.02 Å². The van der Waals surface area contributed by atoms with E-state index in [0.717, 1.165) is 16.7 Å². The van der Waals surface area contributed by atoms with Crippen molar-refractivity contribution in [3.63, 3.8) is 0 Å². The summed E-state index contributed by atoms with van der Waals surface area (Å²) in [5.74, 6) is -0.215. The van der Waals surface area contributed by atoms with Crippen molar-refractivity contribution in [3.05, 3.63) is 76.6 Å². The Morgan fingerprint density at radius 1 is 1.15 bits per heavy atom. The molecule has 0 radical (unpaired) electrons. The van der Waals surface area contributed by atoms with Gasteiger partial charge in [0.2, 0.25) is 5.91 Å². The van der Waals surface area contributed by atoms with E-state index in [2.05, 4.69) is 44.1 Å². The zero-order valence-corrected chi connectivity index (χ0v) is 30.1. The van der Waals surface area contributed by atoms with Crippen molar-refractivity contribution in [1.29, 1.82) is 0 Å². The molecule has 1 fully saturated rings. The highest BCUT2D eigenvalue weighted by molar-refractivity contribution is 6.30. The average molecular weight is 671 g/mol. The van der Waals surface area contributed by atoms with Crippen molar-refractivity contribution in [2.45, 2.75) is 79.1 Å². The summed E-state index contributed by atoms with van der Waals surface area (Å²) >= 11 is 6.63. The van der Waals surface area contributed by atoms with Crippen LogP contribution >= 0.6 is 11.6 Å². The molecule has 0 spiro atoms. The highest BCUT2D eigenvalue weighted by Crippen LogP contribution is 2.40. The number of piperazine rings is 1. The third-order valence-corrected chi connectivity index (χ3v) is 7.82. The van der Waals surface area contributed by atoms with E-state index in [1.54, 1.807) is 24.5 Å². The van der Waals surface area contributed by atoms with Gasteiger partial charge in [0, 0.05) is 51.1 Å². The summed E-state index contributed by atoms with van der Waals surface area (Å²) in [6.07, 6.45) is 13.8. The molecule has 1 saturated heterocycles. The number of carbonyl (C=O) groups excluding carboxylic acids is 2. The Morgan fingerprint density at radius 2 is 1.87 bits per heavy atom. The SMILES string of the molecule is CC.CC.CCOCC(=O)NC(/C=C/NC=NC)/C1=C/CC2=CC=CNC2C(N2CCN(C(=O)OC(C)C)CC2)c2ccc(Cl)cc21. The standard InChI is InChI=1S/C32H43ClN6O4.2C2H6/c1-5-42-20-29(40)37-28(12-14-35-21-34-4)25-10-8-23-7-6-13-36-30(23)31(26-11-9-24(33)19-27(25)26)38-15-17-39(18-16-38)32(41)43-22(2)3;2*1-2/h6-7,9-14,19,21-22,28,30-31,36H,5,8,15-18,20H2,1-4H3,(H,34,35)(H,37,40);2*1-2H3/b14-12+,25-10+;;. The van der Waals surface area contributed by atoms with Crippen LogP contribution in [0.3, 0.4) is 0 Å². The van der Waals surface area contributed by atoms with Crippen LogP contribution < -0.4 is 16.0 Å². The fourth-order valence-electron chi connectivity index (χ4n) is 5.65. The normalized spacial score (nSPS) is 20.9. The minimum atomic E-state index is -0.463. The molecule has 3 aliphatic rings. The third kappa shape index (κ3) is 11.6. The number of benzene rings is 1. The van der Waals surface area contributed by atoms with Gasteiger partial charge in [0.05, 0.1) is 30.6 Å². The van der Waals surface area contributed by atoms with Gasteiger partial charge in [-0.1, -0.05) is 57.5 Å². The van der Waals surface area contributed by atoms with Crippen molar-refractivity contribution >= 4 is 35.5 Å². The number of nitrogens with one attached hydrogen (secondary N) is 3. The van der Waals surface area contributed by atoms with Gasteiger partial charge in [0.25, 0.3) is 0 Å². The molecule has 2 heterocycles. The van der Waals surface area contributed by atoms with Gasteiger partial charge < -0.3 is 30.3 Å². The van der Waals surface area contributed by atoms with Gasteiger partial charge >= 0.3 is 6.09 Å². The zero-order valence-electron chi connectivity index (χ0n) is 29.4. The van der Waals surface area contributed by atoms with Crippen LogP contribution in [0.15, 0.2) is 65.5 Å². The molecule has 1 aliphatic carbocycles. The molecule has 3 atom stereocenters. The van der Waals surface area contributed by atoms with Gasteiger partial charge in [0.1, 0.15) is 6.61 Å². The van der Waals surface area contributed by atoms with Gasteiger partial charge in [0.15, 0.2) is 0 Å². The van der Waals surface area contributed by atoms with Crippen LogP contribution in [0, 0.1) is 0 Å². The van der Waals surface area contributed by atoms with Crippen LogP contribution in [-0.4, -0.2) is 92.8 Å². The topological polar surface area (TPSA) is 108 Å². The maximum atomic E-state index is 12.9. The zero-order chi connectivity index (χ0) is 34.8. The van der Waals surface area contributed by atoms with Crippen LogP contribution in [0.1, 0.15) is 72.1 Å². The minimum Gasteiger partial charge on any atom is -0.447 e. The van der Waals surface area contributed by atoms with Crippen molar-refractivity contribution in [3.8, 4) is 0 Å². The molecule has 0 saturated carbocycles. The van der Waals surface area contributed by atoms with Crippen LogP contribution in [0.5, 0.6) is 0 Å². The summed E-state index contributed by atoms with van der Waals surface area (Å²) in [7, 11) is 1.68. The maximum Gasteiger partial charge on any atom is 0.410 e. The fraction of sp³-hybridized carbons (Fsp3) is 0.528. The summed E-state index contributed by atoms with van der Waals surface area (Å²) in [5, 5.41) is 10.4. The number of allylic oxidation sites excluding steroid dienone is 3. The molecular formula is C36H55ClN6O4. The van der Waals surface area contributed by atoms with E-state index < -0.39 is 6.04 Å². The first-order valence-electron chi connectivity index (χ1n) is 16.8. The first-order valence-corrected chi connectivity index (χ1v) is 17.2. The van der Waals surface area contributed by atoms with E-state index in [1.165, 1.54) is 5.57 Å². The number of dihydropyridines is 1. The Morgan fingerprint density at radius 3 is 2.53 bits per heavy atom. The molecule has 0 bridgehead atoms. The van der Waals surface area contributed by atoms with Crippen molar-refractivity contribution < 1.29 is 19.1 Å². The van der Waals surface area contributed by atoms with E-state index in [0.29, 0.717) is 44.2 Å². The smallest absolute Gasteiger partial charge is 0.410 e. The lowest BCUT2D eigenvalue weighted by atomic mass is 9.80. The lowest BCUT2D eigenvalue weighted by Crippen LogP contribution is -2.54. The quantitative estimate of drug-likeness (QED) is 0.205. The Hall–Kier alpha value is -3.60. The first kappa shape index (κ1) is 39.6. The number of ether oxygens (including phenoxy) is 2. The van der Waals surface area contributed by atoms with Crippen LogP contribution in [0.4, 0.5) is 4.79 Å². The number of aliphatic imine (C=N–C) groups is 1. The number of nitrogens with zero attached hydrogens (tertiary/aromatic N) is 3. The summed E-state index contributed by atoms with van der Waals surface area (Å²) in [6, 6.07) is 5.49. The summed E-state index contributed by atoms with van der Waals surface area (Å²) < 4.78 is 10.9. The van der Waals surface area contributed by atoms with Gasteiger partial charge in [-0.15, -0.1) is 0 Å². The minimum absolute atomic E-state index is 0.0147. The van der Waals surface area contributed by atoms with E-state index >= 15 is 0 Å². The first-order chi connectivity index (χ1) is 22.8. The molecule has 1 aromatic rings. The molecule has 47 heavy (non-hydrogen) atoms. The molecule has 3 N–H and O–H groups in total. The number of rotatable bonds is 10. The molecule has 0 aromatic heterocycles. The molecular weight excluding hydrogens is 616 g/mol. The lowest BCUT2D eigenvalue weighted by molar-refractivity contribution is -0.125. The molecule has 2 amide bonds. The average Bonchev–Trinajstić information content (AvgIpc) is 3.08. The number of hydrogen-bond donors (Lipinski definition) is 3. The number of halogens is 1. The third-order valence-electron chi connectivity index (χ3n) is 7.58. The molecule has 1 aromatic carbocycles. The van der Waals surface area contributed by atoms with Crippen LogP contribution in [-0.2, 0) is 14.3 Å². The second kappa shape index (κ2) is 21.3. The molecule has 3 unspecified atom stereocenters. The molecule has 11 heteroatoms. The Balaban J connectivity index is 0.00000185. The van der Waals surface area contributed by atoms with Crippen LogP contribution in [0.25, 0.3) is 5.57 Å². The van der Waals surface area contributed by atoms with Gasteiger partial charge in [-0.3, -0.25) is 14.7 Å². The lowest BCUT2D eigenvalue weighted by Gasteiger charge is -2.45. The highest BCUT2D eigenvalue weighted by Gasteiger charge is 2.38. The number of fused-ring (bicyclic) bond motifs is 2. The number of hydrogen-bond acceptors (Lipinski definition) is 7. The summed E-state index contributed by atoms with van der Waals surface area (Å²) in [5.41, 5.74) is 4.22. The Kier molecular flexibility index (Phi) is 17.9. The van der Waals surface area contributed by atoms with E-state index in [-0.39, 0.29) is 36.8 Å². The molecule has 10 nitrogen and oxygen atoms in total. The van der Waals surface area contributed by atoms with E-state index in [1.807, 2.05) is 79.0 Å². The molecule has 4 rings (SSSR count). The molecule has 2 aliphatic heterocycles. The number of carbonyl (C=O) groups is 2. The van der Waals surface area contributed by atoms with E-state index in [4.69, 9.17) is 21.1 Å². The van der Waals surface area contributed by atoms with Gasteiger partial charge in [-0.05, 0) is 79.9 Å². The Labute approximate surface area is 287 Å². The monoisotopic (exact) mass is 670 g/mol. The van der Waals surface area contributed by atoms with Crippen molar-refractivity contribution in [2.24, 2.45) is 4.99 Å². The van der Waals surface area contributed by atoms with Gasteiger partial charge in [-0.25, -0.2) is 4.79 Å². The largest absolute Gasteiger partial charge is 0.447 e. The fourth-order valence-corrected chi connectivity index (χ4v) is 5.83. The summed E-state index contributed by atoms with van der Waals surface area (Å²) in [6.45, 7) is 16.5. The van der Waals surface area contributed by atoms with E-state index in [9.17, 15) is 9.59 Å². The summed E-state index contributed by atoms with van der Waals surface area (Å²) in [4.78, 5) is 33.7. The highest BCUT2D eigenvalue weighted by atomic mass is 35.5. The maximum absolute atomic E-state index is 12.9. The van der Waals surface area contributed by atoms with Crippen molar-refractivity contribution in [1.82, 2.24) is 25.8 Å². The predicted octanol–water partition coefficient (Wildman–Crippen LogP) is 6.08. The van der Waals surface area contributed by atoms with Crippen molar-refractivity contribution in [2.75, 3.05) is 46.4 Å². The Bertz CT molecular complexity index is 1280. The second-order valence-corrected chi connectivity index (χ2v) is 11.3. The predicted molar refractivity (Wildman–Crippen MR) is 194 cm³/mol. The number of amides is 2. The second-order valence-electron chi connectivity index (χ2n) is 10.8.